The standard InChI is InChI=1S/C10H10ClN5O/c1-16-7(2-3-15-16)4-12-10-8(5-17)9(11)13-6-14-10/h2-3,5-6H,4H2,1H3,(H,12,13,14). The quantitative estimate of drug-likeness (QED) is 0.655. The lowest BCUT2D eigenvalue weighted by Gasteiger charge is -2.08. The fourth-order valence-corrected chi connectivity index (χ4v) is 1.55. The second-order valence-corrected chi connectivity index (χ2v) is 3.70. The van der Waals surface area contributed by atoms with Crippen molar-refractivity contribution in [1.29, 1.82) is 0 Å². The molecule has 0 atom stereocenters. The zero-order valence-electron chi connectivity index (χ0n) is 9.09. The number of rotatable bonds is 4. The fourth-order valence-electron chi connectivity index (χ4n) is 1.37. The Hall–Kier alpha value is -1.95. The van der Waals surface area contributed by atoms with E-state index in [4.69, 9.17) is 11.6 Å². The Balaban J connectivity index is 2.17. The first-order valence-corrected chi connectivity index (χ1v) is 5.26. The third-order valence-corrected chi connectivity index (χ3v) is 2.61. The van der Waals surface area contributed by atoms with E-state index in [1.807, 2.05) is 13.1 Å². The van der Waals surface area contributed by atoms with Gasteiger partial charge in [0.2, 0.25) is 0 Å². The summed E-state index contributed by atoms with van der Waals surface area (Å²) in [4.78, 5) is 18.6. The summed E-state index contributed by atoms with van der Waals surface area (Å²) >= 11 is 5.78. The maximum absolute atomic E-state index is 10.9. The molecule has 0 unspecified atom stereocenters. The molecule has 17 heavy (non-hydrogen) atoms. The number of carbonyl (C=O) groups is 1. The molecular weight excluding hydrogens is 242 g/mol. The van der Waals surface area contributed by atoms with Gasteiger partial charge in [-0.15, -0.1) is 0 Å². The van der Waals surface area contributed by atoms with Crippen molar-refractivity contribution in [2.45, 2.75) is 6.54 Å². The topological polar surface area (TPSA) is 72.7 Å². The Kier molecular flexibility index (Phi) is 3.34. The van der Waals surface area contributed by atoms with Crippen molar-refractivity contribution in [3.63, 3.8) is 0 Å². The van der Waals surface area contributed by atoms with E-state index in [-0.39, 0.29) is 10.7 Å². The molecule has 0 aliphatic carbocycles. The highest BCUT2D eigenvalue weighted by atomic mass is 35.5. The maximum Gasteiger partial charge on any atom is 0.156 e. The van der Waals surface area contributed by atoms with Crippen molar-refractivity contribution in [1.82, 2.24) is 19.7 Å². The summed E-state index contributed by atoms with van der Waals surface area (Å²) in [5.74, 6) is 0.418. The molecule has 0 aliphatic heterocycles. The van der Waals surface area contributed by atoms with Crippen LogP contribution < -0.4 is 5.32 Å². The van der Waals surface area contributed by atoms with Crippen LogP contribution in [0.15, 0.2) is 18.6 Å². The van der Waals surface area contributed by atoms with E-state index in [2.05, 4.69) is 20.4 Å². The van der Waals surface area contributed by atoms with Gasteiger partial charge < -0.3 is 5.32 Å². The van der Waals surface area contributed by atoms with Gasteiger partial charge in [0, 0.05) is 13.2 Å². The zero-order valence-corrected chi connectivity index (χ0v) is 9.85. The number of aryl methyl sites for hydroxylation is 1. The molecule has 0 aliphatic rings. The average Bonchev–Trinajstić information content (AvgIpc) is 2.72. The van der Waals surface area contributed by atoms with E-state index in [0.29, 0.717) is 18.6 Å². The number of hydrogen-bond acceptors (Lipinski definition) is 5. The predicted octanol–water partition coefficient (Wildman–Crippen LogP) is 1.29. The van der Waals surface area contributed by atoms with Crippen LogP contribution in [0.2, 0.25) is 5.15 Å². The van der Waals surface area contributed by atoms with Crippen LogP contribution in [0.4, 0.5) is 5.82 Å². The van der Waals surface area contributed by atoms with Crippen molar-refractivity contribution >= 4 is 23.7 Å². The van der Waals surface area contributed by atoms with E-state index >= 15 is 0 Å². The summed E-state index contributed by atoms with van der Waals surface area (Å²) in [6, 6.07) is 1.87. The van der Waals surface area contributed by atoms with Crippen molar-refractivity contribution < 1.29 is 4.79 Å². The number of carbonyl (C=O) groups excluding carboxylic acids is 1. The maximum atomic E-state index is 10.9. The fraction of sp³-hybridized carbons (Fsp3) is 0.200. The van der Waals surface area contributed by atoms with E-state index in [1.54, 1.807) is 10.9 Å². The first kappa shape index (κ1) is 11.5. The molecule has 6 nitrogen and oxygen atoms in total. The molecule has 0 aromatic carbocycles. The molecule has 2 aromatic rings. The van der Waals surface area contributed by atoms with Gasteiger partial charge in [-0.25, -0.2) is 9.97 Å². The van der Waals surface area contributed by atoms with E-state index < -0.39 is 0 Å². The molecule has 2 rings (SSSR count). The van der Waals surface area contributed by atoms with Crippen molar-refractivity contribution in [2.24, 2.45) is 7.05 Å². The van der Waals surface area contributed by atoms with Gasteiger partial charge in [0.05, 0.1) is 17.8 Å². The highest BCUT2D eigenvalue weighted by molar-refractivity contribution is 6.32. The van der Waals surface area contributed by atoms with Crippen LogP contribution in [0, 0.1) is 0 Å². The third-order valence-electron chi connectivity index (χ3n) is 2.31. The molecule has 0 saturated carbocycles. The molecule has 1 N–H and O–H groups in total. The molecule has 88 valence electrons. The summed E-state index contributed by atoms with van der Waals surface area (Å²) in [5.41, 5.74) is 1.23. The minimum absolute atomic E-state index is 0.141. The van der Waals surface area contributed by atoms with Crippen LogP contribution in [-0.2, 0) is 13.6 Å². The van der Waals surface area contributed by atoms with Gasteiger partial charge in [-0.1, -0.05) is 11.6 Å². The molecule has 2 heterocycles. The highest BCUT2D eigenvalue weighted by Crippen LogP contribution is 2.17. The summed E-state index contributed by atoms with van der Waals surface area (Å²) in [5, 5.41) is 7.20. The monoisotopic (exact) mass is 251 g/mol. The largest absolute Gasteiger partial charge is 0.364 e. The lowest BCUT2D eigenvalue weighted by atomic mass is 10.3. The molecule has 0 saturated heterocycles. The molecule has 2 aromatic heterocycles. The normalized spacial score (nSPS) is 10.2. The first-order valence-electron chi connectivity index (χ1n) is 4.89. The van der Waals surface area contributed by atoms with Crippen molar-refractivity contribution in [3.05, 3.63) is 35.0 Å². The highest BCUT2D eigenvalue weighted by Gasteiger charge is 2.09. The van der Waals surface area contributed by atoms with Gasteiger partial charge in [-0.2, -0.15) is 5.10 Å². The van der Waals surface area contributed by atoms with E-state index in [0.717, 1.165) is 5.69 Å². The Morgan fingerprint density at radius 2 is 2.35 bits per heavy atom. The number of nitrogens with zero attached hydrogens (tertiary/aromatic N) is 4. The lowest BCUT2D eigenvalue weighted by molar-refractivity contribution is 0.112. The third kappa shape index (κ3) is 2.42. The van der Waals surface area contributed by atoms with Crippen LogP contribution >= 0.6 is 11.6 Å². The molecule has 0 amide bonds. The predicted molar refractivity (Wildman–Crippen MR) is 63.0 cm³/mol. The molecule has 0 fully saturated rings. The number of halogens is 1. The van der Waals surface area contributed by atoms with Gasteiger partial charge in [0.1, 0.15) is 17.3 Å². The zero-order chi connectivity index (χ0) is 12.3. The first-order chi connectivity index (χ1) is 8.22. The van der Waals surface area contributed by atoms with Gasteiger partial charge in [-0.3, -0.25) is 9.48 Å². The smallest absolute Gasteiger partial charge is 0.156 e. The van der Waals surface area contributed by atoms with Gasteiger partial charge in [-0.05, 0) is 6.07 Å². The van der Waals surface area contributed by atoms with Crippen LogP contribution in [0.3, 0.4) is 0 Å². The summed E-state index contributed by atoms with van der Waals surface area (Å²) in [7, 11) is 1.84. The Bertz CT molecular complexity index is 539. The van der Waals surface area contributed by atoms with Crippen LogP contribution in [0.5, 0.6) is 0 Å². The molecule has 7 heteroatoms. The molecular formula is C10H10ClN5O. The van der Waals surface area contributed by atoms with Crippen LogP contribution in [0.1, 0.15) is 16.1 Å². The summed E-state index contributed by atoms with van der Waals surface area (Å²) < 4.78 is 1.73. The molecule has 0 bridgehead atoms. The summed E-state index contributed by atoms with van der Waals surface area (Å²) in [6.45, 7) is 0.505. The number of hydrogen-bond donors (Lipinski definition) is 1. The Labute approximate surface area is 103 Å². The number of aromatic nitrogens is 4. The van der Waals surface area contributed by atoms with Gasteiger partial charge in [0.25, 0.3) is 0 Å². The SMILES string of the molecule is Cn1nccc1CNc1ncnc(Cl)c1C=O. The number of nitrogens with one attached hydrogen (secondary N) is 1. The minimum atomic E-state index is 0.141. The lowest BCUT2D eigenvalue weighted by Crippen LogP contribution is -2.08. The van der Waals surface area contributed by atoms with E-state index in [9.17, 15) is 4.79 Å². The number of aldehydes is 1. The second kappa shape index (κ2) is 4.92. The number of anilines is 1. The summed E-state index contributed by atoms with van der Waals surface area (Å²) in [6.07, 6.45) is 3.64. The van der Waals surface area contributed by atoms with Crippen LogP contribution in [-0.4, -0.2) is 26.0 Å². The van der Waals surface area contributed by atoms with E-state index in [1.165, 1.54) is 6.33 Å². The van der Waals surface area contributed by atoms with Crippen molar-refractivity contribution in [3.8, 4) is 0 Å². The minimum Gasteiger partial charge on any atom is -0.364 e. The Morgan fingerprint density at radius 3 is 3.00 bits per heavy atom. The van der Waals surface area contributed by atoms with Crippen LogP contribution in [0.25, 0.3) is 0 Å². The van der Waals surface area contributed by atoms with Crippen molar-refractivity contribution in [2.75, 3.05) is 5.32 Å². The molecule has 0 radical (unpaired) electrons. The van der Waals surface area contributed by atoms with Gasteiger partial charge in [0.15, 0.2) is 6.29 Å². The Morgan fingerprint density at radius 1 is 1.53 bits per heavy atom. The molecule has 0 spiro atoms. The second-order valence-electron chi connectivity index (χ2n) is 3.34. The van der Waals surface area contributed by atoms with Gasteiger partial charge >= 0.3 is 0 Å². The average molecular weight is 252 g/mol.